The van der Waals surface area contributed by atoms with Crippen molar-refractivity contribution in [3.8, 4) is 5.75 Å². The van der Waals surface area contributed by atoms with Crippen LogP contribution in [0.3, 0.4) is 0 Å². The van der Waals surface area contributed by atoms with E-state index in [2.05, 4.69) is 25.1 Å². The quantitative estimate of drug-likeness (QED) is 0.556. The molecule has 0 radical (unpaired) electrons. The smallest absolute Gasteiger partial charge is 0.247 e. The molecule has 2 aliphatic rings. The molecule has 1 aromatic carbocycles. The topological polar surface area (TPSA) is 121 Å². The van der Waals surface area contributed by atoms with Gasteiger partial charge in [0.15, 0.2) is 0 Å². The number of rotatable bonds is 5. The van der Waals surface area contributed by atoms with Crippen molar-refractivity contribution >= 4 is 21.4 Å². The maximum absolute atomic E-state index is 14.0. The Hall–Kier alpha value is -3.31. The molecule has 0 saturated carbocycles. The number of likely N-dealkylation sites (tertiary alicyclic amines) is 1. The van der Waals surface area contributed by atoms with Crippen molar-refractivity contribution < 1.29 is 17.9 Å². The van der Waals surface area contributed by atoms with Gasteiger partial charge < -0.3 is 9.64 Å². The summed E-state index contributed by atoms with van der Waals surface area (Å²) in [5, 5.41) is 6.78. The van der Waals surface area contributed by atoms with Crippen LogP contribution in [0.2, 0.25) is 0 Å². The van der Waals surface area contributed by atoms with E-state index < -0.39 is 15.3 Å². The Morgan fingerprint density at radius 2 is 2.00 bits per heavy atom. The fourth-order valence-electron chi connectivity index (χ4n) is 4.67. The van der Waals surface area contributed by atoms with Crippen LogP contribution in [0.5, 0.6) is 5.75 Å². The molecule has 0 aliphatic carbocycles. The number of hydrogen-bond donors (Lipinski definition) is 1. The van der Waals surface area contributed by atoms with Gasteiger partial charge in [0, 0.05) is 49.5 Å². The molecule has 4 heterocycles. The van der Waals surface area contributed by atoms with Crippen LogP contribution in [0, 0.1) is 0 Å². The number of aromatic nitrogens is 4. The molecule has 33 heavy (non-hydrogen) atoms. The average molecular weight is 469 g/mol. The third kappa shape index (κ3) is 3.76. The molecule has 1 N–H and O–H groups in total. The van der Waals surface area contributed by atoms with Crippen LogP contribution in [0.25, 0.3) is 0 Å². The molecule has 3 aromatic rings. The summed E-state index contributed by atoms with van der Waals surface area (Å²) in [7, 11) is -2.02. The molecule has 1 unspecified atom stereocenters. The zero-order valence-corrected chi connectivity index (χ0v) is 19.2. The Labute approximate surface area is 191 Å². The highest BCUT2D eigenvalue weighted by atomic mass is 32.2. The fraction of sp³-hybridized carbons (Fsp3) is 0.364. The van der Waals surface area contributed by atoms with Crippen molar-refractivity contribution in [1.29, 1.82) is 0 Å². The number of methoxy groups -OCH3 is 1. The standard InChI is InChI=1S/C22H24N6O4S/c1-32-18-5-3-17(4-6-18)28-12-15-11-23-21(33(2,30)31)25-19(15)22(20(28)29)8-10-27(14-22)13-16-7-9-24-26-16/h3-7,9,11H,8,10,12-14H2,1-2H3,(H,24,26). The third-order valence-electron chi connectivity index (χ3n) is 6.29. The molecule has 0 bridgehead atoms. The molecule has 1 atom stereocenters. The van der Waals surface area contributed by atoms with Gasteiger partial charge in [0.25, 0.3) is 0 Å². The number of anilines is 1. The van der Waals surface area contributed by atoms with Gasteiger partial charge in [-0.25, -0.2) is 18.4 Å². The summed E-state index contributed by atoms with van der Waals surface area (Å²) < 4.78 is 29.6. The van der Waals surface area contributed by atoms with Gasteiger partial charge in [-0.15, -0.1) is 0 Å². The molecule has 1 saturated heterocycles. The van der Waals surface area contributed by atoms with E-state index in [0.29, 0.717) is 37.5 Å². The molecule has 1 fully saturated rings. The molecule has 2 aromatic heterocycles. The highest BCUT2D eigenvalue weighted by Gasteiger charge is 2.53. The van der Waals surface area contributed by atoms with Crippen LogP contribution in [0.1, 0.15) is 23.4 Å². The summed E-state index contributed by atoms with van der Waals surface area (Å²) in [5.41, 5.74) is 1.91. The van der Waals surface area contributed by atoms with Crippen molar-refractivity contribution in [2.75, 3.05) is 31.4 Å². The summed E-state index contributed by atoms with van der Waals surface area (Å²) in [6.07, 6.45) is 4.91. The predicted octanol–water partition coefficient (Wildman–Crippen LogP) is 1.30. The lowest BCUT2D eigenvalue weighted by atomic mass is 9.77. The number of nitrogens with zero attached hydrogens (tertiary/aromatic N) is 5. The number of benzene rings is 1. The number of aromatic amines is 1. The third-order valence-corrected chi connectivity index (χ3v) is 7.15. The number of carbonyl (C=O) groups excluding carboxylic acids is 1. The lowest BCUT2D eigenvalue weighted by molar-refractivity contribution is -0.124. The van der Waals surface area contributed by atoms with Crippen molar-refractivity contribution in [1.82, 2.24) is 25.1 Å². The van der Waals surface area contributed by atoms with E-state index >= 15 is 0 Å². The second-order valence-corrected chi connectivity index (χ2v) is 10.4. The van der Waals surface area contributed by atoms with E-state index in [1.165, 1.54) is 0 Å². The predicted molar refractivity (Wildman–Crippen MR) is 119 cm³/mol. The number of hydrogen-bond acceptors (Lipinski definition) is 8. The van der Waals surface area contributed by atoms with Crippen molar-refractivity contribution in [3.63, 3.8) is 0 Å². The maximum atomic E-state index is 14.0. The van der Waals surface area contributed by atoms with Gasteiger partial charge >= 0.3 is 0 Å². The van der Waals surface area contributed by atoms with E-state index in [0.717, 1.165) is 23.2 Å². The summed E-state index contributed by atoms with van der Waals surface area (Å²) in [5.74, 6) is 0.605. The molecule has 1 spiro atoms. The first-order chi connectivity index (χ1) is 15.8. The largest absolute Gasteiger partial charge is 0.497 e. The van der Waals surface area contributed by atoms with Gasteiger partial charge in [0.2, 0.25) is 20.9 Å². The molecule has 5 rings (SSSR count). The van der Waals surface area contributed by atoms with Gasteiger partial charge in [-0.05, 0) is 36.8 Å². The van der Waals surface area contributed by atoms with Crippen LogP contribution in [-0.2, 0) is 33.1 Å². The normalized spacial score (nSPS) is 20.9. The lowest BCUT2D eigenvalue weighted by Crippen LogP contribution is -2.53. The van der Waals surface area contributed by atoms with E-state index in [1.807, 2.05) is 30.3 Å². The van der Waals surface area contributed by atoms with E-state index in [4.69, 9.17) is 4.74 Å². The monoisotopic (exact) mass is 468 g/mol. The highest BCUT2D eigenvalue weighted by molar-refractivity contribution is 7.90. The molecule has 172 valence electrons. The minimum atomic E-state index is -3.62. The van der Waals surface area contributed by atoms with Crippen LogP contribution in [0.15, 0.2) is 47.9 Å². The number of ether oxygens (including phenoxy) is 1. The van der Waals surface area contributed by atoms with Crippen molar-refractivity contribution in [2.24, 2.45) is 0 Å². The van der Waals surface area contributed by atoms with Crippen LogP contribution >= 0.6 is 0 Å². The fourth-order valence-corrected chi connectivity index (χ4v) is 5.17. The average Bonchev–Trinajstić information content (AvgIpc) is 3.47. The lowest BCUT2D eigenvalue weighted by Gasteiger charge is -2.40. The first-order valence-corrected chi connectivity index (χ1v) is 12.4. The molecule has 10 nitrogen and oxygen atoms in total. The molecule has 1 amide bonds. The SMILES string of the molecule is COc1ccc(N2Cc3cnc(S(C)(=O)=O)nc3C3(CCN(Cc4cc[nH]n4)C3)C2=O)cc1. The molecule has 11 heteroatoms. The van der Waals surface area contributed by atoms with E-state index in [9.17, 15) is 13.2 Å². The second kappa shape index (κ2) is 7.92. The number of amides is 1. The Bertz CT molecular complexity index is 1290. The van der Waals surface area contributed by atoms with Gasteiger partial charge in [0.05, 0.1) is 25.0 Å². The summed E-state index contributed by atoms with van der Waals surface area (Å²) in [6.45, 7) is 1.93. The zero-order chi connectivity index (χ0) is 23.2. The Morgan fingerprint density at radius 3 is 2.67 bits per heavy atom. The highest BCUT2D eigenvalue weighted by Crippen LogP contribution is 2.43. The summed E-state index contributed by atoms with van der Waals surface area (Å²) >= 11 is 0. The van der Waals surface area contributed by atoms with E-state index in [1.54, 1.807) is 24.4 Å². The first-order valence-electron chi connectivity index (χ1n) is 10.5. The van der Waals surface area contributed by atoms with E-state index in [-0.39, 0.29) is 17.6 Å². The number of fused-ring (bicyclic) bond motifs is 2. The van der Waals surface area contributed by atoms with Gasteiger partial charge in [-0.3, -0.25) is 14.8 Å². The van der Waals surface area contributed by atoms with Crippen LogP contribution in [0.4, 0.5) is 5.69 Å². The Morgan fingerprint density at radius 1 is 1.21 bits per heavy atom. The van der Waals surface area contributed by atoms with Crippen LogP contribution in [-0.4, -0.2) is 65.8 Å². The van der Waals surface area contributed by atoms with Gasteiger partial charge in [0.1, 0.15) is 11.2 Å². The maximum Gasteiger partial charge on any atom is 0.247 e. The minimum absolute atomic E-state index is 0.0946. The van der Waals surface area contributed by atoms with Gasteiger partial charge in [-0.1, -0.05) is 0 Å². The Kier molecular flexibility index (Phi) is 5.17. The minimum Gasteiger partial charge on any atom is -0.497 e. The summed E-state index contributed by atoms with van der Waals surface area (Å²) in [6, 6.07) is 9.21. The second-order valence-electron chi connectivity index (χ2n) is 8.50. The van der Waals surface area contributed by atoms with Crippen LogP contribution < -0.4 is 9.64 Å². The molecular weight excluding hydrogens is 444 g/mol. The Balaban J connectivity index is 1.58. The number of H-pyrrole nitrogens is 1. The van der Waals surface area contributed by atoms with Gasteiger partial charge in [-0.2, -0.15) is 5.10 Å². The first kappa shape index (κ1) is 21.5. The van der Waals surface area contributed by atoms with Crippen molar-refractivity contribution in [2.45, 2.75) is 30.1 Å². The summed E-state index contributed by atoms with van der Waals surface area (Å²) in [4.78, 5) is 26.4. The number of sulfone groups is 1. The zero-order valence-electron chi connectivity index (χ0n) is 18.4. The number of carbonyl (C=O) groups is 1. The number of nitrogens with one attached hydrogen (secondary N) is 1. The van der Waals surface area contributed by atoms with Crippen molar-refractivity contribution in [3.05, 3.63) is 59.7 Å². The molecular formula is C22H24N6O4S. The molecule has 2 aliphatic heterocycles.